The maximum atomic E-state index is 12.6. The van der Waals surface area contributed by atoms with E-state index in [0.29, 0.717) is 38.4 Å². The molecule has 2 fully saturated rings. The molecule has 0 spiro atoms. The van der Waals surface area contributed by atoms with Gasteiger partial charge < -0.3 is 10.6 Å². The fourth-order valence-electron chi connectivity index (χ4n) is 3.84. The molecule has 1 heterocycles. The summed E-state index contributed by atoms with van der Waals surface area (Å²) in [4.78, 5) is 12.6. The van der Waals surface area contributed by atoms with Crippen LogP contribution in [0.15, 0.2) is 0 Å². The van der Waals surface area contributed by atoms with Crippen LogP contribution >= 0.6 is 12.4 Å². The first-order valence-electron chi connectivity index (χ1n) is 8.57. The van der Waals surface area contributed by atoms with Gasteiger partial charge in [-0.25, -0.2) is 8.42 Å². The highest BCUT2D eigenvalue weighted by Crippen LogP contribution is 2.31. The summed E-state index contributed by atoms with van der Waals surface area (Å²) in [6, 6.07) is 0. The molecule has 7 heteroatoms. The van der Waals surface area contributed by atoms with Crippen molar-refractivity contribution in [2.45, 2.75) is 56.6 Å². The molecule has 0 atom stereocenters. The molecule has 0 aromatic rings. The van der Waals surface area contributed by atoms with E-state index < -0.39 is 14.6 Å². The molecule has 0 aromatic carbocycles. The van der Waals surface area contributed by atoms with Gasteiger partial charge in [-0.05, 0) is 50.6 Å². The van der Waals surface area contributed by atoms with Crippen molar-refractivity contribution in [2.24, 2.45) is 11.8 Å². The summed E-state index contributed by atoms with van der Waals surface area (Å²) in [5.41, 5.74) is 0. The molecule has 136 valence electrons. The lowest BCUT2D eigenvalue weighted by molar-refractivity contribution is -0.124. The summed E-state index contributed by atoms with van der Waals surface area (Å²) in [6.07, 6.45) is 7.95. The average molecular weight is 367 g/mol. The van der Waals surface area contributed by atoms with Gasteiger partial charge in [0, 0.05) is 12.8 Å². The van der Waals surface area contributed by atoms with Crippen LogP contribution in [0.25, 0.3) is 0 Å². The van der Waals surface area contributed by atoms with Gasteiger partial charge in [0.25, 0.3) is 0 Å². The van der Waals surface area contributed by atoms with Gasteiger partial charge in [0.15, 0.2) is 14.6 Å². The van der Waals surface area contributed by atoms with Crippen molar-refractivity contribution < 1.29 is 13.2 Å². The molecule has 1 saturated carbocycles. The first-order chi connectivity index (χ1) is 10.4. The Morgan fingerprint density at radius 2 is 1.65 bits per heavy atom. The molecule has 5 nitrogen and oxygen atoms in total. The molecule has 0 aromatic heterocycles. The maximum Gasteiger partial charge on any atom is 0.241 e. The minimum Gasteiger partial charge on any atom is -0.354 e. The van der Waals surface area contributed by atoms with Crippen LogP contribution in [-0.4, -0.2) is 45.0 Å². The van der Waals surface area contributed by atoms with Crippen molar-refractivity contribution in [3.8, 4) is 0 Å². The number of amides is 1. The highest BCUT2D eigenvalue weighted by Gasteiger charge is 2.48. The largest absolute Gasteiger partial charge is 0.354 e. The molecule has 23 heavy (non-hydrogen) atoms. The van der Waals surface area contributed by atoms with Crippen LogP contribution in [0.4, 0.5) is 0 Å². The van der Waals surface area contributed by atoms with Crippen molar-refractivity contribution in [1.29, 1.82) is 0 Å². The van der Waals surface area contributed by atoms with Gasteiger partial charge in [0.05, 0.1) is 0 Å². The zero-order valence-corrected chi connectivity index (χ0v) is 15.9. The zero-order valence-electron chi connectivity index (χ0n) is 14.3. The Kier molecular flexibility index (Phi) is 7.81. The van der Waals surface area contributed by atoms with E-state index in [1.807, 2.05) is 0 Å². The molecule has 2 N–H and O–H groups in total. The number of carbonyl (C=O) groups excluding carboxylic acids is 1. The summed E-state index contributed by atoms with van der Waals surface area (Å²) in [5.74, 6) is 1.05. The van der Waals surface area contributed by atoms with Crippen LogP contribution in [0, 0.1) is 11.8 Å². The molecule has 1 amide bonds. The third-order valence-electron chi connectivity index (χ3n) is 5.63. The molecule has 0 bridgehead atoms. The molecular weight excluding hydrogens is 336 g/mol. The number of hydrogen-bond acceptors (Lipinski definition) is 4. The Morgan fingerprint density at radius 1 is 1.13 bits per heavy atom. The minimum atomic E-state index is -3.40. The van der Waals surface area contributed by atoms with Crippen LogP contribution in [0.1, 0.15) is 51.9 Å². The first-order valence-corrected chi connectivity index (χ1v) is 10.5. The van der Waals surface area contributed by atoms with Gasteiger partial charge in [-0.15, -0.1) is 12.4 Å². The lowest BCUT2D eigenvalue weighted by atomic mass is 9.81. The standard InChI is InChI=1S/C16H30N2O3S.ClH/c1-3-13-4-6-14(7-5-13)12-18-15(19)16(22(2,20)21)8-10-17-11-9-16;/h13-14,17H,3-12H2,1-2H3,(H,18,19);1H. The normalized spacial score (nSPS) is 27.7. The molecule has 2 rings (SSSR count). The highest BCUT2D eigenvalue weighted by molar-refractivity contribution is 7.92. The quantitative estimate of drug-likeness (QED) is 0.779. The second-order valence-corrected chi connectivity index (χ2v) is 9.35. The third-order valence-corrected chi connectivity index (χ3v) is 7.64. The van der Waals surface area contributed by atoms with Crippen molar-refractivity contribution >= 4 is 28.2 Å². The van der Waals surface area contributed by atoms with E-state index in [1.165, 1.54) is 25.5 Å². The van der Waals surface area contributed by atoms with Crippen LogP contribution in [0.3, 0.4) is 0 Å². The van der Waals surface area contributed by atoms with E-state index in [-0.39, 0.29) is 18.3 Å². The molecule has 0 radical (unpaired) electrons. The van der Waals surface area contributed by atoms with Crippen molar-refractivity contribution in [1.82, 2.24) is 10.6 Å². The first kappa shape index (κ1) is 20.7. The van der Waals surface area contributed by atoms with E-state index >= 15 is 0 Å². The van der Waals surface area contributed by atoms with E-state index in [4.69, 9.17) is 0 Å². The Hall–Kier alpha value is -0.330. The number of piperidine rings is 1. The number of rotatable bonds is 5. The number of carbonyl (C=O) groups is 1. The van der Waals surface area contributed by atoms with Crippen LogP contribution < -0.4 is 10.6 Å². The minimum absolute atomic E-state index is 0. The van der Waals surface area contributed by atoms with E-state index in [1.54, 1.807) is 0 Å². The van der Waals surface area contributed by atoms with Gasteiger partial charge in [0.1, 0.15) is 0 Å². The number of nitrogens with one attached hydrogen (secondary N) is 2. The number of hydrogen-bond donors (Lipinski definition) is 2. The predicted octanol–water partition coefficient (Wildman–Crippen LogP) is 1.91. The predicted molar refractivity (Wildman–Crippen MR) is 95.7 cm³/mol. The molecular formula is C16H31ClN2O3S. The Bertz CT molecular complexity index is 482. The summed E-state index contributed by atoms with van der Waals surface area (Å²) in [7, 11) is -3.40. The summed E-state index contributed by atoms with van der Waals surface area (Å²) in [5, 5.41) is 6.10. The SMILES string of the molecule is CCC1CCC(CNC(=O)C2(S(C)(=O)=O)CCNCC2)CC1.Cl. The lowest BCUT2D eigenvalue weighted by Gasteiger charge is -2.35. The molecule has 2 aliphatic rings. The topological polar surface area (TPSA) is 75.3 Å². The Balaban J connectivity index is 0.00000264. The average Bonchev–Trinajstić information content (AvgIpc) is 2.52. The third kappa shape index (κ3) is 4.83. The van der Waals surface area contributed by atoms with Gasteiger partial charge >= 0.3 is 0 Å². The molecule has 0 unspecified atom stereocenters. The van der Waals surface area contributed by atoms with E-state index in [9.17, 15) is 13.2 Å². The van der Waals surface area contributed by atoms with Gasteiger partial charge in [-0.1, -0.05) is 26.2 Å². The molecule has 1 saturated heterocycles. The Morgan fingerprint density at radius 3 is 2.13 bits per heavy atom. The lowest BCUT2D eigenvalue weighted by Crippen LogP contribution is -2.57. The fraction of sp³-hybridized carbons (Fsp3) is 0.938. The summed E-state index contributed by atoms with van der Waals surface area (Å²) in [6.45, 7) is 4.03. The zero-order chi connectivity index (χ0) is 16.2. The van der Waals surface area contributed by atoms with Crippen LogP contribution in [-0.2, 0) is 14.6 Å². The maximum absolute atomic E-state index is 12.6. The molecule has 1 aliphatic heterocycles. The number of halogens is 1. The van der Waals surface area contributed by atoms with Crippen molar-refractivity contribution in [3.63, 3.8) is 0 Å². The van der Waals surface area contributed by atoms with Crippen LogP contribution in [0.2, 0.25) is 0 Å². The van der Waals surface area contributed by atoms with Crippen LogP contribution in [0.5, 0.6) is 0 Å². The fourth-order valence-corrected chi connectivity index (χ4v) is 5.19. The smallest absolute Gasteiger partial charge is 0.241 e. The summed E-state index contributed by atoms with van der Waals surface area (Å²) < 4.78 is 23.2. The second kappa shape index (κ2) is 8.67. The Labute approximate surface area is 146 Å². The highest BCUT2D eigenvalue weighted by atomic mass is 35.5. The van der Waals surface area contributed by atoms with Crippen molar-refractivity contribution in [3.05, 3.63) is 0 Å². The van der Waals surface area contributed by atoms with E-state index in [0.717, 1.165) is 18.8 Å². The van der Waals surface area contributed by atoms with Gasteiger partial charge in [-0.3, -0.25) is 4.79 Å². The van der Waals surface area contributed by atoms with E-state index in [2.05, 4.69) is 17.6 Å². The summed E-state index contributed by atoms with van der Waals surface area (Å²) >= 11 is 0. The van der Waals surface area contributed by atoms with Gasteiger partial charge in [-0.2, -0.15) is 0 Å². The monoisotopic (exact) mass is 366 g/mol. The van der Waals surface area contributed by atoms with Gasteiger partial charge in [0.2, 0.25) is 5.91 Å². The van der Waals surface area contributed by atoms with Crippen molar-refractivity contribution in [2.75, 3.05) is 25.9 Å². The number of sulfone groups is 1. The molecule has 1 aliphatic carbocycles. The second-order valence-electron chi connectivity index (χ2n) is 7.02.